The smallest absolute Gasteiger partial charge is 0.399 e. The number of phosphoric acid groups is 1. The van der Waals surface area contributed by atoms with Gasteiger partial charge in [-0.2, -0.15) is 4.57 Å². The molecule has 12 N–H and O–H groups in total. The topological polar surface area (TPSA) is 201 Å². The Morgan fingerprint density at radius 2 is 0.429 bits per heavy atom. The van der Waals surface area contributed by atoms with Gasteiger partial charge in [0.1, 0.15) is 17.2 Å². The number of benzene rings is 9. The molecular weight excluding hydrogens is 972 g/mol. The summed E-state index contributed by atoms with van der Waals surface area (Å²) in [6.07, 6.45) is 0. The van der Waals surface area contributed by atoms with Crippen molar-refractivity contribution in [3.8, 4) is 17.2 Å². The van der Waals surface area contributed by atoms with Crippen LogP contribution in [0.4, 0.5) is 34.1 Å². The van der Waals surface area contributed by atoms with Gasteiger partial charge in [-0.25, -0.2) is 0 Å². The van der Waals surface area contributed by atoms with E-state index in [9.17, 15) is 0 Å². The third kappa shape index (κ3) is 11.8. The fourth-order valence-electron chi connectivity index (χ4n) is 11.0. The van der Waals surface area contributed by atoms with E-state index in [1.165, 1.54) is 0 Å². The highest BCUT2D eigenvalue weighted by Gasteiger charge is 2.39. The predicted molar refractivity (Wildman–Crippen MR) is 319 cm³/mol. The lowest BCUT2D eigenvalue weighted by Crippen LogP contribution is -2.28. The number of rotatable bonds is 18. The van der Waals surface area contributed by atoms with Gasteiger partial charge in [-0.15, -0.1) is 0 Å². The van der Waals surface area contributed by atoms with Gasteiger partial charge in [-0.05, 0) is 159 Å². The van der Waals surface area contributed by atoms with E-state index >= 15 is 4.57 Å². The average molecular weight is 1040 g/mol. The maximum Gasteiger partial charge on any atom is 0.647 e. The Balaban J connectivity index is 1.04. The molecule has 0 heterocycles. The quantitative estimate of drug-likeness (QED) is 0.0355. The minimum Gasteiger partial charge on any atom is -0.399 e. The van der Waals surface area contributed by atoms with E-state index in [4.69, 9.17) is 48.0 Å². The van der Waals surface area contributed by atoms with Gasteiger partial charge in [0, 0.05) is 68.1 Å². The van der Waals surface area contributed by atoms with E-state index in [-0.39, 0.29) is 17.8 Å². The molecule has 0 fully saturated rings. The van der Waals surface area contributed by atoms with Gasteiger partial charge in [-0.3, -0.25) is 0 Å². The van der Waals surface area contributed by atoms with Crippen LogP contribution < -0.4 is 48.0 Å². The maximum absolute atomic E-state index is 15.4. The summed E-state index contributed by atoms with van der Waals surface area (Å²) in [5, 5.41) is 0. The average Bonchev–Trinajstić information content (AvgIpc) is 3.40. The second kappa shape index (κ2) is 21.6. The molecule has 0 unspecified atom stereocenters. The Morgan fingerprint density at radius 1 is 0.273 bits per heavy atom. The molecule has 10 nitrogen and oxygen atoms in total. The first-order chi connectivity index (χ1) is 36.7. The molecule has 0 aliphatic heterocycles. The number of hydrogen-bond acceptors (Lipinski definition) is 10. The summed E-state index contributed by atoms with van der Waals surface area (Å²) in [4.78, 5) is 0. The van der Waals surface area contributed by atoms with Crippen LogP contribution in [0.3, 0.4) is 0 Å². The normalized spacial score (nSPS) is 12.2. The molecule has 9 aromatic rings. The molecule has 9 rings (SSSR count). The molecule has 0 aliphatic rings. The van der Waals surface area contributed by atoms with E-state index in [0.29, 0.717) is 51.4 Å². The highest BCUT2D eigenvalue weighted by Crippen LogP contribution is 2.53. The van der Waals surface area contributed by atoms with Crippen LogP contribution in [-0.4, -0.2) is 0 Å². The molecule has 0 saturated carbocycles. The third-order valence-corrected chi connectivity index (χ3v) is 16.5. The van der Waals surface area contributed by atoms with Crippen molar-refractivity contribution in [2.24, 2.45) is 0 Å². The molecule has 0 bridgehead atoms. The first kappa shape index (κ1) is 53.2. The molecule has 77 heavy (non-hydrogen) atoms. The number of phosphoric ester groups is 1. The third-order valence-electron chi connectivity index (χ3n) is 15.2. The van der Waals surface area contributed by atoms with Crippen LogP contribution in [0.5, 0.6) is 17.2 Å². The van der Waals surface area contributed by atoms with Crippen molar-refractivity contribution in [1.82, 2.24) is 0 Å². The van der Waals surface area contributed by atoms with E-state index < -0.39 is 24.1 Å². The molecular formula is C66H69N6O4P. The van der Waals surface area contributed by atoms with Crippen molar-refractivity contribution in [3.63, 3.8) is 0 Å². The standard InChI is InChI=1S/C66H69N6O4P/c1-64(2,61(43-7-25-52(67)26-8-43)44-9-27-53(68)28-10-44)49-19-37-58(38-20-49)74-77(73,75-59-39-21-50(22-40-59)65(3,4)62(45-11-29-54(69)30-12-45)46-13-31-55(70)32-14-46)76-60-41-23-51(24-42-60)66(5,6)63(47-15-33-56(71)34-16-47)48-17-35-57(72)36-18-48/h7-42,61-63H,67-72H2,1-6H3. The van der Waals surface area contributed by atoms with Gasteiger partial charge in [0.05, 0.1) is 0 Å². The molecule has 0 spiro atoms. The molecule has 392 valence electrons. The summed E-state index contributed by atoms with van der Waals surface area (Å²) in [5.41, 5.74) is 49.3. The fourth-order valence-corrected chi connectivity index (χ4v) is 12.2. The van der Waals surface area contributed by atoms with Crippen LogP contribution in [-0.2, 0) is 20.8 Å². The molecule has 0 saturated heterocycles. The molecule has 0 atom stereocenters. The number of nitrogen functional groups attached to an aromatic ring is 6. The zero-order valence-electron chi connectivity index (χ0n) is 44.6. The molecule has 0 radical (unpaired) electrons. The van der Waals surface area contributed by atoms with Gasteiger partial charge in [0.15, 0.2) is 0 Å². The summed E-state index contributed by atoms with van der Waals surface area (Å²) in [6.45, 7) is 13.2. The highest BCUT2D eigenvalue weighted by atomic mass is 31.2. The first-order valence-corrected chi connectivity index (χ1v) is 27.3. The molecule has 0 aliphatic carbocycles. The van der Waals surface area contributed by atoms with Gasteiger partial charge >= 0.3 is 7.82 Å². The van der Waals surface area contributed by atoms with Gasteiger partial charge in [0.2, 0.25) is 0 Å². The second-order valence-electron chi connectivity index (χ2n) is 21.8. The fraction of sp³-hybridized carbons (Fsp3) is 0.182. The summed E-state index contributed by atoms with van der Waals surface area (Å²) in [6, 6.07) is 70.7. The van der Waals surface area contributed by atoms with Gasteiger partial charge in [0.25, 0.3) is 0 Å². The van der Waals surface area contributed by atoms with Gasteiger partial charge in [-0.1, -0.05) is 151 Å². The molecule has 11 heteroatoms. The Labute approximate surface area is 453 Å². The summed E-state index contributed by atoms with van der Waals surface area (Å²) in [5.74, 6) is 0.667. The number of hydrogen-bond donors (Lipinski definition) is 6. The maximum atomic E-state index is 15.4. The highest BCUT2D eigenvalue weighted by molar-refractivity contribution is 7.49. The predicted octanol–water partition coefficient (Wildman–Crippen LogP) is 15.2. The van der Waals surface area contributed by atoms with Crippen LogP contribution in [0.2, 0.25) is 0 Å². The van der Waals surface area contributed by atoms with Crippen LogP contribution in [0.25, 0.3) is 0 Å². The lowest BCUT2D eigenvalue weighted by Gasteiger charge is -2.36. The summed E-state index contributed by atoms with van der Waals surface area (Å²) >= 11 is 0. The van der Waals surface area contributed by atoms with E-state index in [1.807, 2.05) is 109 Å². The van der Waals surface area contributed by atoms with Crippen LogP contribution >= 0.6 is 7.82 Å². The zero-order valence-corrected chi connectivity index (χ0v) is 45.5. The van der Waals surface area contributed by atoms with Crippen LogP contribution in [0.15, 0.2) is 218 Å². The van der Waals surface area contributed by atoms with E-state index in [1.54, 1.807) is 36.4 Å². The van der Waals surface area contributed by atoms with Crippen molar-refractivity contribution in [2.75, 3.05) is 34.4 Å². The largest absolute Gasteiger partial charge is 0.647 e. The molecule has 0 aromatic heterocycles. The molecule has 9 aromatic carbocycles. The number of anilines is 6. The second-order valence-corrected chi connectivity index (χ2v) is 23.2. The minimum absolute atomic E-state index is 0.0735. The van der Waals surface area contributed by atoms with Crippen molar-refractivity contribution in [3.05, 3.63) is 268 Å². The van der Waals surface area contributed by atoms with Crippen molar-refractivity contribution in [2.45, 2.75) is 75.5 Å². The lowest BCUT2D eigenvalue weighted by atomic mass is 9.67. The van der Waals surface area contributed by atoms with Crippen molar-refractivity contribution >= 4 is 41.9 Å². The Kier molecular flexibility index (Phi) is 14.9. The summed E-state index contributed by atoms with van der Waals surface area (Å²) < 4.78 is 34.7. The van der Waals surface area contributed by atoms with Crippen molar-refractivity contribution < 1.29 is 18.1 Å². The van der Waals surface area contributed by atoms with Crippen LogP contribution in [0.1, 0.15) is 109 Å². The van der Waals surface area contributed by atoms with E-state index in [0.717, 1.165) is 50.1 Å². The van der Waals surface area contributed by atoms with Crippen LogP contribution in [0, 0.1) is 0 Å². The lowest BCUT2D eigenvalue weighted by molar-refractivity contribution is 0.298. The SMILES string of the molecule is CC(C)(c1ccc(OP(=O)(Oc2ccc(C(C)(C)C(c3ccc(N)cc3)c3ccc(N)cc3)cc2)Oc2ccc(C(C)(C)C(c3ccc(N)cc3)c3ccc(N)cc3)cc2)cc1)C(c1ccc(N)cc1)c1ccc(N)cc1. The Hall–Kier alpha value is -8.59. The molecule has 0 amide bonds. The summed E-state index contributed by atoms with van der Waals surface area (Å²) in [7, 11) is -4.50. The monoisotopic (exact) mass is 1040 g/mol. The zero-order chi connectivity index (χ0) is 54.7. The Morgan fingerprint density at radius 3 is 0.584 bits per heavy atom. The minimum atomic E-state index is -4.50. The van der Waals surface area contributed by atoms with Gasteiger partial charge < -0.3 is 48.0 Å². The Bertz CT molecular complexity index is 2950. The number of nitrogens with two attached hydrogens (primary N) is 6. The van der Waals surface area contributed by atoms with E-state index in [2.05, 4.69) is 114 Å². The van der Waals surface area contributed by atoms with Crippen molar-refractivity contribution in [1.29, 1.82) is 0 Å². The first-order valence-electron chi connectivity index (χ1n) is 25.8.